The molecule has 0 bridgehead atoms. The minimum Gasteiger partial charge on any atom is -0.392 e. The van der Waals surface area contributed by atoms with Gasteiger partial charge < -0.3 is 5.11 Å². The summed E-state index contributed by atoms with van der Waals surface area (Å²) in [6.45, 7) is 2.14. The molecule has 15 heavy (non-hydrogen) atoms. The Kier molecular flexibility index (Phi) is 3.11. The van der Waals surface area contributed by atoms with Gasteiger partial charge in [0.1, 0.15) is 0 Å². The first-order chi connectivity index (χ1) is 7.29. The van der Waals surface area contributed by atoms with Crippen molar-refractivity contribution in [1.29, 1.82) is 0 Å². The number of aliphatic hydroxyl groups is 1. The van der Waals surface area contributed by atoms with Crippen molar-refractivity contribution < 1.29 is 5.11 Å². The Morgan fingerprint density at radius 3 is 2.40 bits per heavy atom. The molecule has 1 atom stereocenters. The van der Waals surface area contributed by atoms with Crippen LogP contribution in [0.25, 0.3) is 0 Å². The highest BCUT2D eigenvalue weighted by atomic mass is 16.3. The summed E-state index contributed by atoms with van der Waals surface area (Å²) in [7, 11) is 0. The summed E-state index contributed by atoms with van der Waals surface area (Å²) in [6, 6.07) is 10.5. The van der Waals surface area contributed by atoms with E-state index < -0.39 is 0 Å². The average Bonchev–Trinajstić information content (AvgIpc) is 2.18. The van der Waals surface area contributed by atoms with Gasteiger partial charge in [-0.15, -0.1) is 0 Å². The standard InChI is InChI=1S/C14H20O/c1-2-7-13(15)14(10-6-11-14)12-8-4-3-5-9-12/h3-5,8-9,13,15H,2,6-7,10-11H2,1H3/t13-/m1/s1. The van der Waals surface area contributed by atoms with Gasteiger partial charge in [-0.1, -0.05) is 50.1 Å². The zero-order valence-corrected chi connectivity index (χ0v) is 9.45. The van der Waals surface area contributed by atoms with Crippen molar-refractivity contribution in [3.63, 3.8) is 0 Å². The summed E-state index contributed by atoms with van der Waals surface area (Å²) < 4.78 is 0. The molecule has 0 aliphatic heterocycles. The van der Waals surface area contributed by atoms with Crippen LogP contribution < -0.4 is 0 Å². The maximum absolute atomic E-state index is 10.3. The Labute approximate surface area is 92.1 Å². The summed E-state index contributed by atoms with van der Waals surface area (Å²) >= 11 is 0. The Morgan fingerprint density at radius 1 is 1.27 bits per heavy atom. The van der Waals surface area contributed by atoms with Gasteiger partial charge in [0.25, 0.3) is 0 Å². The molecule has 1 aromatic rings. The molecule has 1 heteroatoms. The molecule has 0 heterocycles. The molecule has 0 spiro atoms. The second-order valence-corrected chi connectivity index (χ2v) is 4.68. The Bertz CT molecular complexity index is 300. The first-order valence-corrected chi connectivity index (χ1v) is 6.03. The maximum atomic E-state index is 10.3. The fourth-order valence-corrected chi connectivity index (χ4v) is 2.69. The van der Waals surface area contributed by atoms with Crippen LogP contribution in [-0.2, 0) is 5.41 Å². The highest BCUT2D eigenvalue weighted by Crippen LogP contribution is 2.47. The molecule has 0 radical (unpaired) electrons. The molecule has 1 aliphatic carbocycles. The highest BCUT2D eigenvalue weighted by Gasteiger charge is 2.44. The lowest BCUT2D eigenvalue weighted by Gasteiger charge is -2.46. The number of aliphatic hydroxyl groups excluding tert-OH is 1. The highest BCUT2D eigenvalue weighted by molar-refractivity contribution is 5.29. The third kappa shape index (κ3) is 1.81. The van der Waals surface area contributed by atoms with Crippen LogP contribution in [0.5, 0.6) is 0 Å². The van der Waals surface area contributed by atoms with Gasteiger partial charge in [-0.05, 0) is 24.8 Å². The molecule has 1 saturated carbocycles. The molecule has 1 fully saturated rings. The Morgan fingerprint density at radius 2 is 1.93 bits per heavy atom. The molecule has 0 aromatic heterocycles. The molecule has 82 valence electrons. The summed E-state index contributed by atoms with van der Waals surface area (Å²) in [6.07, 6.45) is 5.40. The second-order valence-electron chi connectivity index (χ2n) is 4.68. The van der Waals surface area contributed by atoms with Gasteiger partial charge in [0.05, 0.1) is 6.10 Å². The van der Waals surface area contributed by atoms with Crippen LogP contribution in [0.3, 0.4) is 0 Å². The molecule has 2 rings (SSSR count). The molecular formula is C14H20O. The number of rotatable bonds is 4. The van der Waals surface area contributed by atoms with Crippen molar-refractivity contribution in [1.82, 2.24) is 0 Å². The van der Waals surface area contributed by atoms with Crippen LogP contribution in [0.1, 0.15) is 44.6 Å². The SMILES string of the molecule is CCC[C@@H](O)C1(c2ccccc2)CCC1. The van der Waals surface area contributed by atoms with E-state index in [2.05, 4.69) is 31.2 Å². The van der Waals surface area contributed by atoms with E-state index in [0.29, 0.717) is 0 Å². The quantitative estimate of drug-likeness (QED) is 0.798. The smallest absolute Gasteiger partial charge is 0.0636 e. The van der Waals surface area contributed by atoms with Gasteiger partial charge in [-0.2, -0.15) is 0 Å². The van der Waals surface area contributed by atoms with Gasteiger partial charge in [0.15, 0.2) is 0 Å². The Hall–Kier alpha value is -0.820. The van der Waals surface area contributed by atoms with Crippen molar-refractivity contribution in [2.75, 3.05) is 0 Å². The molecule has 1 N–H and O–H groups in total. The number of benzene rings is 1. The van der Waals surface area contributed by atoms with Crippen LogP contribution >= 0.6 is 0 Å². The van der Waals surface area contributed by atoms with Gasteiger partial charge in [0, 0.05) is 5.41 Å². The van der Waals surface area contributed by atoms with Crippen molar-refractivity contribution in [3.05, 3.63) is 35.9 Å². The summed E-state index contributed by atoms with van der Waals surface area (Å²) in [5, 5.41) is 10.3. The van der Waals surface area contributed by atoms with Crippen molar-refractivity contribution in [2.24, 2.45) is 0 Å². The topological polar surface area (TPSA) is 20.2 Å². The predicted octanol–water partition coefficient (Wildman–Crippen LogP) is 3.27. The molecule has 1 nitrogen and oxygen atoms in total. The van der Waals surface area contributed by atoms with E-state index in [1.54, 1.807) is 0 Å². The Balaban J connectivity index is 2.22. The summed E-state index contributed by atoms with van der Waals surface area (Å²) in [5.74, 6) is 0. The number of hydrogen-bond donors (Lipinski definition) is 1. The molecule has 1 aromatic carbocycles. The van der Waals surface area contributed by atoms with Crippen molar-refractivity contribution >= 4 is 0 Å². The van der Waals surface area contributed by atoms with E-state index in [4.69, 9.17) is 0 Å². The minimum atomic E-state index is -0.154. The van der Waals surface area contributed by atoms with E-state index >= 15 is 0 Å². The zero-order valence-electron chi connectivity index (χ0n) is 9.45. The lowest BCUT2D eigenvalue weighted by molar-refractivity contribution is 0.0218. The minimum absolute atomic E-state index is 0.0806. The van der Waals surface area contributed by atoms with E-state index in [1.807, 2.05) is 6.07 Å². The summed E-state index contributed by atoms with van der Waals surface area (Å²) in [4.78, 5) is 0. The van der Waals surface area contributed by atoms with Gasteiger partial charge in [-0.25, -0.2) is 0 Å². The average molecular weight is 204 g/mol. The van der Waals surface area contributed by atoms with Crippen LogP contribution in [0.15, 0.2) is 30.3 Å². The first-order valence-electron chi connectivity index (χ1n) is 6.03. The van der Waals surface area contributed by atoms with Crippen molar-refractivity contribution in [3.8, 4) is 0 Å². The molecule has 1 aliphatic rings. The van der Waals surface area contributed by atoms with Crippen LogP contribution in [-0.4, -0.2) is 11.2 Å². The van der Waals surface area contributed by atoms with Crippen LogP contribution in [0.4, 0.5) is 0 Å². The predicted molar refractivity (Wildman–Crippen MR) is 62.9 cm³/mol. The van der Waals surface area contributed by atoms with Crippen LogP contribution in [0.2, 0.25) is 0 Å². The van der Waals surface area contributed by atoms with Gasteiger partial charge in [0.2, 0.25) is 0 Å². The fraction of sp³-hybridized carbons (Fsp3) is 0.571. The molecule has 0 unspecified atom stereocenters. The first kappa shape index (κ1) is 10.7. The fourth-order valence-electron chi connectivity index (χ4n) is 2.69. The molecule has 0 amide bonds. The molecule has 0 saturated heterocycles. The van der Waals surface area contributed by atoms with E-state index in [9.17, 15) is 5.11 Å². The zero-order chi connectivity index (χ0) is 10.7. The summed E-state index contributed by atoms with van der Waals surface area (Å²) in [5.41, 5.74) is 1.41. The van der Waals surface area contributed by atoms with E-state index in [0.717, 1.165) is 25.7 Å². The van der Waals surface area contributed by atoms with E-state index in [1.165, 1.54) is 12.0 Å². The lowest BCUT2D eigenvalue weighted by atomic mass is 9.60. The number of hydrogen-bond acceptors (Lipinski definition) is 1. The van der Waals surface area contributed by atoms with Gasteiger partial charge >= 0.3 is 0 Å². The largest absolute Gasteiger partial charge is 0.392 e. The maximum Gasteiger partial charge on any atom is 0.0636 e. The molecular weight excluding hydrogens is 184 g/mol. The van der Waals surface area contributed by atoms with Crippen molar-refractivity contribution in [2.45, 2.75) is 50.5 Å². The monoisotopic (exact) mass is 204 g/mol. The lowest BCUT2D eigenvalue weighted by Crippen LogP contribution is -2.45. The second kappa shape index (κ2) is 4.36. The third-order valence-electron chi connectivity index (χ3n) is 3.79. The normalized spacial score (nSPS) is 20.7. The van der Waals surface area contributed by atoms with Crippen LogP contribution in [0, 0.1) is 0 Å². The third-order valence-corrected chi connectivity index (χ3v) is 3.79. The van der Waals surface area contributed by atoms with Gasteiger partial charge in [-0.3, -0.25) is 0 Å². The van der Waals surface area contributed by atoms with E-state index in [-0.39, 0.29) is 11.5 Å².